The van der Waals surface area contributed by atoms with Crippen LogP contribution < -0.4 is 5.32 Å². The molecule has 0 saturated heterocycles. The first-order valence-corrected chi connectivity index (χ1v) is 11.8. The Morgan fingerprint density at radius 1 is 0.500 bits per heavy atom. The van der Waals surface area contributed by atoms with E-state index in [-0.39, 0.29) is 36.7 Å². The highest BCUT2D eigenvalue weighted by molar-refractivity contribution is 5.70. The van der Waals surface area contributed by atoms with Crippen molar-refractivity contribution in [2.45, 2.75) is 44.9 Å². The van der Waals surface area contributed by atoms with Gasteiger partial charge >= 0.3 is 23.9 Å². The van der Waals surface area contributed by atoms with Crippen LogP contribution in [-0.4, -0.2) is 114 Å². The molecule has 0 heterocycles. The summed E-state index contributed by atoms with van der Waals surface area (Å²) in [5, 5.41) is 3.21. The molecule has 0 aliphatic heterocycles. The number of hydrogen-bond donors (Lipinski definition) is 1. The zero-order chi connectivity index (χ0) is 25.6. The Hall–Kier alpha value is -2.24. The molecule has 0 rings (SSSR count). The van der Waals surface area contributed by atoms with Crippen molar-refractivity contribution in [1.29, 1.82) is 0 Å². The fourth-order valence-electron chi connectivity index (χ4n) is 3.23. The van der Waals surface area contributed by atoms with E-state index >= 15 is 0 Å². The van der Waals surface area contributed by atoms with Crippen molar-refractivity contribution in [3.8, 4) is 0 Å². The molecule has 0 spiro atoms. The Bertz CT molecular complexity index is 569. The first kappa shape index (κ1) is 31.8. The molecule has 0 aromatic heterocycles. The van der Waals surface area contributed by atoms with Crippen molar-refractivity contribution in [2.24, 2.45) is 0 Å². The molecule has 0 atom stereocenters. The second-order valence-electron chi connectivity index (χ2n) is 7.80. The summed E-state index contributed by atoms with van der Waals surface area (Å²) in [6.45, 7) is 5.28. The minimum absolute atomic E-state index is 0.240. The van der Waals surface area contributed by atoms with Gasteiger partial charge in [-0.25, -0.2) is 0 Å². The van der Waals surface area contributed by atoms with E-state index in [9.17, 15) is 19.2 Å². The largest absolute Gasteiger partial charge is 0.469 e. The highest BCUT2D eigenvalue weighted by Crippen LogP contribution is 2.05. The molecule has 0 amide bonds. The lowest BCUT2D eigenvalue weighted by Gasteiger charge is -2.23. The molecular weight excluding hydrogens is 446 g/mol. The zero-order valence-corrected chi connectivity index (χ0v) is 21.3. The van der Waals surface area contributed by atoms with Crippen molar-refractivity contribution in [3.05, 3.63) is 0 Å². The summed E-state index contributed by atoms with van der Waals surface area (Å²) < 4.78 is 18.8. The number of carbonyl (C=O) groups is 4. The van der Waals surface area contributed by atoms with Crippen LogP contribution in [0.1, 0.15) is 44.9 Å². The second-order valence-corrected chi connectivity index (χ2v) is 7.80. The second kappa shape index (κ2) is 21.3. The number of rotatable bonds is 21. The summed E-state index contributed by atoms with van der Waals surface area (Å²) in [4.78, 5) is 49.9. The Morgan fingerprint density at radius 2 is 0.882 bits per heavy atom. The molecule has 11 heteroatoms. The third-order valence-corrected chi connectivity index (χ3v) is 5.37. The number of esters is 4. The molecule has 1 N–H and O–H groups in total. The third-order valence-electron chi connectivity index (χ3n) is 5.37. The molecule has 11 nitrogen and oxygen atoms in total. The Balaban J connectivity index is 4.39. The minimum Gasteiger partial charge on any atom is -0.469 e. The fraction of sp³-hybridized carbons (Fsp3) is 0.826. The number of methoxy groups -OCH3 is 4. The first-order chi connectivity index (χ1) is 16.4. The standard InChI is InChI=1S/C23H43N3O8/c1-31-20(27)8-12-24-13-19-26(18-11-23(30)34-4)15-7-5-6-14-25(16-9-21(28)32-2)17-10-22(29)33-3/h24H,5-19H2,1-4H3. The van der Waals surface area contributed by atoms with E-state index in [0.717, 1.165) is 38.9 Å². The van der Waals surface area contributed by atoms with Gasteiger partial charge in [0.2, 0.25) is 0 Å². The van der Waals surface area contributed by atoms with Crippen molar-refractivity contribution < 1.29 is 38.1 Å². The van der Waals surface area contributed by atoms with Crippen LogP contribution in [-0.2, 0) is 38.1 Å². The van der Waals surface area contributed by atoms with Crippen LogP contribution in [0.2, 0.25) is 0 Å². The number of unbranched alkanes of at least 4 members (excludes halogenated alkanes) is 2. The average molecular weight is 490 g/mol. The molecule has 0 unspecified atom stereocenters. The first-order valence-electron chi connectivity index (χ1n) is 11.8. The average Bonchev–Trinajstić information content (AvgIpc) is 2.86. The SMILES string of the molecule is COC(=O)CCNCCN(CCCCCN(CCC(=O)OC)CCC(=O)OC)CCC(=O)OC. The van der Waals surface area contributed by atoms with Gasteiger partial charge in [0.1, 0.15) is 0 Å². The maximum Gasteiger partial charge on any atom is 0.306 e. The zero-order valence-electron chi connectivity index (χ0n) is 21.3. The molecule has 0 aromatic rings. The van der Waals surface area contributed by atoms with E-state index in [1.165, 1.54) is 28.4 Å². The summed E-state index contributed by atoms with van der Waals surface area (Å²) in [7, 11) is 5.48. The van der Waals surface area contributed by atoms with Crippen LogP contribution in [0.25, 0.3) is 0 Å². The van der Waals surface area contributed by atoms with Crippen molar-refractivity contribution in [1.82, 2.24) is 15.1 Å². The Morgan fingerprint density at radius 3 is 1.29 bits per heavy atom. The van der Waals surface area contributed by atoms with Gasteiger partial charge in [-0.05, 0) is 25.9 Å². The van der Waals surface area contributed by atoms with E-state index in [2.05, 4.69) is 19.9 Å². The van der Waals surface area contributed by atoms with Crippen molar-refractivity contribution >= 4 is 23.9 Å². The Kier molecular flexibility index (Phi) is 19.9. The molecule has 0 aliphatic carbocycles. The lowest BCUT2D eigenvalue weighted by Crippen LogP contribution is -2.35. The van der Waals surface area contributed by atoms with Gasteiger partial charge < -0.3 is 34.1 Å². The van der Waals surface area contributed by atoms with Crippen LogP contribution in [0.15, 0.2) is 0 Å². The van der Waals surface area contributed by atoms with E-state index in [1.54, 1.807) is 0 Å². The van der Waals surface area contributed by atoms with Crippen LogP contribution >= 0.6 is 0 Å². The van der Waals surface area contributed by atoms with Gasteiger partial charge in [0.05, 0.1) is 54.1 Å². The van der Waals surface area contributed by atoms with Crippen LogP contribution in [0.3, 0.4) is 0 Å². The summed E-state index contributed by atoms with van der Waals surface area (Å²) in [6, 6.07) is 0. The van der Waals surface area contributed by atoms with Gasteiger partial charge in [-0.3, -0.25) is 19.2 Å². The maximum absolute atomic E-state index is 11.5. The summed E-state index contributed by atoms with van der Waals surface area (Å²) >= 11 is 0. The summed E-state index contributed by atoms with van der Waals surface area (Å²) in [5.41, 5.74) is 0. The predicted octanol–water partition coefficient (Wildman–Crippen LogP) is 0.603. The van der Waals surface area contributed by atoms with Gasteiger partial charge in [0, 0.05) is 39.3 Å². The lowest BCUT2D eigenvalue weighted by atomic mass is 10.2. The lowest BCUT2D eigenvalue weighted by molar-refractivity contribution is -0.142. The number of carbonyl (C=O) groups excluding carboxylic acids is 4. The fourth-order valence-corrected chi connectivity index (χ4v) is 3.23. The number of hydrogen-bond acceptors (Lipinski definition) is 11. The Labute approximate surface area is 203 Å². The van der Waals surface area contributed by atoms with Gasteiger partial charge in [0.25, 0.3) is 0 Å². The van der Waals surface area contributed by atoms with Crippen molar-refractivity contribution in [3.63, 3.8) is 0 Å². The van der Waals surface area contributed by atoms with Crippen LogP contribution in [0, 0.1) is 0 Å². The maximum atomic E-state index is 11.5. The number of ether oxygens (including phenoxy) is 4. The topological polar surface area (TPSA) is 124 Å². The minimum atomic E-state index is -0.274. The van der Waals surface area contributed by atoms with E-state index < -0.39 is 0 Å². The van der Waals surface area contributed by atoms with Gasteiger partial charge in [0.15, 0.2) is 0 Å². The third kappa shape index (κ3) is 18.2. The molecule has 34 heavy (non-hydrogen) atoms. The van der Waals surface area contributed by atoms with Gasteiger partial charge in [-0.2, -0.15) is 0 Å². The van der Waals surface area contributed by atoms with E-state index in [0.29, 0.717) is 45.6 Å². The highest BCUT2D eigenvalue weighted by atomic mass is 16.5. The number of nitrogens with zero attached hydrogens (tertiary/aromatic N) is 2. The summed E-state index contributed by atoms with van der Waals surface area (Å²) in [6.07, 6.45) is 4.05. The van der Waals surface area contributed by atoms with E-state index in [4.69, 9.17) is 14.2 Å². The smallest absolute Gasteiger partial charge is 0.306 e. The van der Waals surface area contributed by atoms with Crippen LogP contribution in [0.5, 0.6) is 0 Å². The molecule has 0 saturated carbocycles. The van der Waals surface area contributed by atoms with Crippen LogP contribution in [0.4, 0.5) is 0 Å². The molecule has 0 aromatic carbocycles. The van der Waals surface area contributed by atoms with Gasteiger partial charge in [-0.1, -0.05) is 6.42 Å². The highest BCUT2D eigenvalue weighted by Gasteiger charge is 2.12. The molecule has 0 radical (unpaired) electrons. The van der Waals surface area contributed by atoms with E-state index in [1.807, 2.05) is 0 Å². The molecule has 0 aliphatic rings. The van der Waals surface area contributed by atoms with Gasteiger partial charge in [-0.15, -0.1) is 0 Å². The number of nitrogens with one attached hydrogen (secondary N) is 1. The normalized spacial score (nSPS) is 10.9. The van der Waals surface area contributed by atoms with Crippen molar-refractivity contribution in [2.75, 3.05) is 80.8 Å². The monoisotopic (exact) mass is 489 g/mol. The molecule has 0 fully saturated rings. The summed E-state index contributed by atoms with van der Waals surface area (Å²) in [5.74, 6) is -1.04. The quantitative estimate of drug-likeness (QED) is 0.138. The predicted molar refractivity (Wildman–Crippen MR) is 126 cm³/mol. The molecule has 198 valence electrons. The molecule has 0 bridgehead atoms. The molecular formula is C23H43N3O8.